The van der Waals surface area contributed by atoms with E-state index in [4.69, 9.17) is 0 Å². The van der Waals surface area contributed by atoms with Crippen molar-refractivity contribution in [1.29, 1.82) is 0 Å². The fourth-order valence-electron chi connectivity index (χ4n) is 2.84. The van der Waals surface area contributed by atoms with Crippen LogP contribution in [0.4, 0.5) is 0 Å². The lowest BCUT2D eigenvalue weighted by atomic mass is 9.95. The van der Waals surface area contributed by atoms with Crippen LogP contribution in [0.2, 0.25) is 0 Å². The van der Waals surface area contributed by atoms with Crippen LogP contribution in [0.5, 0.6) is 0 Å². The van der Waals surface area contributed by atoms with Gasteiger partial charge in [0.1, 0.15) is 0 Å². The third-order valence-electron chi connectivity index (χ3n) is 4.86. The molecule has 0 saturated carbocycles. The number of carbonyl (C=O) groups excluding carboxylic acids is 1. The zero-order chi connectivity index (χ0) is 18.4. The van der Waals surface area contributed by atoms with Crippen LogP contribution in [-0.2, 0) is 11.3 Å². The minimum Gasteiger partial charge on any atom is -0.349 e. The largest absolute Gasteiger partial charge is 0.349 e. The van der Waals surface area contributed by atoms with Crippen LogP contribution in [0.25, 0.3) is 0 Å². The summed E-state index contributed by atoms with van der Waals surface area (Å²) in [6.07, 6.45) is 4.30. The molecule has 0 bridgehead atoms. The van der Waals surface area contributed by atoms with Crippen LogP contribution in [0.15, 0.2) is 30.5 Å². The molecular weight excluding hydrogens is 425 g/mol. The Morgan fingerprint density at radius 1 is 1.20 bits per heavy atom. The van der Waals surface area contributed by atoms with E-state index in [-0.39, 0.29) is 11.9 Å². The van der Waals surface area contributed by atoms with E-state index >= 15 is 0 Å². The van der Waals surface area contributed by atoms with Gasteiger partial charge in [-0.25, -0.2) is 0 Å². The van der Waals surface area contributed by atoms with E-state index in [1.165, 1.54) is 11.1 Å². The zero-order valence-electron chi connectivity index (χ0n) is 15.6. The zero-order valence-corrected chi connectivity index (χ0v) is 17.7. The maximum atomic E-state index is 12.3. The Bertz CT molecular complexity index is 693. The second-order valence-electron chi connectivity index (χ2n) is 6.56. The molecule has 1 heterocycles. The molecule has 2 rings (SSSR count). The van der Waals surface area contributed by atoms with Gasteiger partial charge in [-0.1, -0.05) is 45.0 Å². The second-order valence-corrected chi connectivity index (χ2v) is 7.72. The third-order valence-corrected chi connectivity index (χ3v) is 5.92. The number of benzene rings is 1. The number of carbonyl (C=O) groups is 1. The molecule has 1 aromatic carbocycles. The fourth-order valence-corrected chi connectivity index (χ4v) is 3.24. The number of aromatic nitrogens is 2. The van der Waals surface area contributed by atoms with Crippen molar-refractivity contribution in [2.24, 2.45) is 0 Å². The van der Waals surface area contributed by atoms with Crippen LogP contribution in [0.3, 0.4) is 0 Å². The average molecular weight is 453 g/mol. The molecule has 2 unspecified atom stereocenters. The standard InChI is InChI=1S/C20H28IN3O/c1-5-14(3)16-7-9-17(10-8-16)19(6-2)23-20(25)11-12-24-15(4)18(21)13-22-24/h7-10,13-14,19H,5-6,11-12H2,1-4H3,(H,23,25). The molecule has 2 aromatic rings. The van der Waals surface area contributed by atoms with Gasteiger partial charge in [-0.2, -0.15) is 5.10 Å². The van der Waals surface area contributed by atoms with Crippen molar-refractivity contribution in [2.45, 2.75) is 65.5 Å². The number of hydrogen-bond acceptors (Lipinski definition) is 2. The highest BCUT2D eigenvalue weighted by atomic mass is 127. The Labute approximate surface area is 164 Å². The van der Waals surface area contributed by atoms with E-state index in [2.05, 4.69) is 78.0 Å². The summed E-state index contributed by atoms with van der Waals surface area (Å²) in [5.74, 6) is 0.645. The molecular formula is C20H28IN3O. The lowest BCUT2D eigenvalue weighted by Crippen LogP contribution is -2.29. The van der Waals surface area contributed by atoms with Crippen LogP contribution >= 0.6 is 22.6 Å². The van der Waals surface area contributed by atoms with Crippen molar-refractivity contribution in [1.82, 2.24) is 15.1 Å². The van der Waals surface area contributed by atoms with Gasteiger partial charge >= 0.3 is 0 Å². The van der Waals surface area contributed by atoms with Crippen molar-refractivity contribution >= 4 is 28.5 Å². The molecule has 0 aliphatic rings. The van der Waals surface area contributed by atoms with Crippen LogP contribution in [0.1, 0.15) is 68.8 Å². The Morgan fingerprint density at radius 3 is 2.36 bits per heavy atom. The van der Waals surface area contributed by atoms with E-state index in [1.54, 1.807) is 0 Å². The number of nitrogens with zero attached hydrogens (tertiary/aromatic N) is 2. The highest BCUT2D eigenvalue weighted by Gasteiger charge is 2.14. The maximum absolute atomic E-state index is 12.3. The van der Waals surface area contributed by atoms with Crippen LogP contribution in [0, 0.1) is 10.5 Å². The summed E-state index contributed by atoms with van der Waals surface area (Å²) in [6.45, 7) is 9.19. The van der Waals surface area contributed by atoms with Gasteiger partial charge in [0.25, 0.3) is 0 Å². The number of aryl methyl sites for hydroxylation is 1. The molecule has 1 aromatic heterocycles. The van der Waals surface area contributed by atoms with E-state index in [1.807, 2.05) is 17.8 Å². The molecule has 2 atom stereocenters. The minimum atomic E-state index is 0.0670. The predicted molar refractivity (Wildman–Crippen MR) is 111 cm³/mol. The molecule has 0 radical (unpaired) electrons. The van der Waals surface area contributed by atoms with Gasteiger partial charge in [0, 0.05) is 18.7 Å². The van der Waals surface area contributed by atoms with Gasteiger partial charge in [-0.15, -0.1) is 0 Å². The van der Waals surface area contributed by atoms with Crippen LogP contribution in [-0.4, -0.2) is 15.7 Å². The van der Waals surface area contributed by atoms with Gasteiger partial charge in [0.2, 0.25) is 5.91 Å². The van der Waals surface area contributed by atoms with Crippen molar-refractivity contribution in [3.8, 4) is 0 Å². The van der Waals surface area contributed by atoms with E-state index in [0.29, 0.717) is 18.9 Å². The van der Waals surface area contributed by atoms with E-state index in [0.717, 1.165) is 22.1 Å². The summed E-state index contributed by atoms with van der Waals surface area (Å²) in [5.41, 5.74) is 3.64. The Balaban J connectivity index is 1.94. The molecule has 0 aliphatic heterocycles. The SMILES string of the molecule is CCC(C)c1ccc(C(CC)NC(=O)CCn2ncc(I)c2C)cc1. The first-order valence-electron chi connectivity index (χ1n) is 9.03. The topological polar surface area (TPSA) is 46.9 Å². The van der Waals surface area contributed by atoms with Crippen LogP contribution < -0.4 is 5.32 Å². The Kier molecular flexibility index (Phi) is 7.47. The lowest BCUT2D eigenvalue weighted by Gasteiger charge is -2.19. The Morgan fingerprint density at radius 2 is 1.84 bits per heavy atom. The molecule has 0 spiro atoms. The normalized spacial score (nSPS) is 13.5. The molecule has 25 heavy (non-hydrogen) atoms. The van der Waals surface area contributed by atoms with Crippen molar-refractivity contribution in [3.63, 3.8) is 0 Å². The van der Waals surface area contributed by atoms with Gasteiger partial charge in [0.15, 0.2) is 0 Å². The first-order chi connectivity index (χ1) is 12.0. The summed E-state index contributed by atoms with van der Waals surface area (Å²) in [5, 5.41) is 7.47. The maximum Gasteiger partial charge on any atom is 0.222 e. The summed E-state index contributed by atoms with van der Waals surface area (Å²) in [6, 6.07) is 8.74. The number of rotatable bonds is 8. The Hall–Kier alpha value is -1.37. The first-order valence-corrected chi connectivity index (χ1v) is 10.1. The molecule has 1 amide bonds. The summed E-state index contributed by atoms with van der Waals surface area (Å²) in [4.78, 5) is 12.3. The number of nitrogens with one attached hydrogen (secondary N) is 1. The number of halogens is 1. The highest BCUT2D eigenvalue weighted by molar-refractivity contribution is 14.1. The van der Waals surface area contributed by atoms with Gasteiger partial charge in [0.05, 0.1) is 15.8 Å². The minimum absolute atomic E-state index is 0.0670. The highest BCUT2D eigenvalue weighted by Crippen LogP contribution is 2.23. The third kappa shape index (κ3) is 5.30. The monoisotopic (exact) mass is 453 g/mol. The molecule has 136 valence electrons. The van der Waals surface area contributed by atoms with Gasteiger partial charge in [-0.05, 0) is 59.4 Å². The van der Waals surface area contributed by atoms with Crippen molar-refractivity contribution < 1.29 is 4.79 Å². The average Bonchev–Trinajstić information content (AvgIpc) is 2.96. The molecule has 0 aliphatic carbocycles. The number of hydrogen-bond donors (Lipinski definition) is 1. The molecule has 4 nitrogen and oxygen atoms in total. The van der Waals surface area contributed by atoms with Crippen molar-refractivity contribution in [2.75, 3.05) is 0 Å². The summed E-state index contributed by atoms with van der Waals surface area (Å²) < 4.78 is 3.02. The van der Waals surface area contributed by atoms with Gasteiger partial charge < -0.3 is 5.32 Å². The molecule has 5 heteroatoms. The van der Waals surface area contributed by atoms with Crippen molar-refractivity contribution in [3.05, 3.63) is 50.9 Å². The number of amides is 1. The summed E-state index contributed by atoms with van der Waals surface area (Å²) in [7, 11) is 0. The van der Waals surface area contributed by atoms with E-state index in [9.17, 15) is 4.79 Å². The molecule has 0 saturated heterocycles. The lowest BCUT2D eigenvalue weighted by molar-refractivity contribution is -0.122. The van der Waals surface area contributed by atoms with Gasteiger partial charge in [-0.3, -0.25) is 9.48 Å². The first kappa shape index (κ1) is 19.9. The quantitative estimate of drug-likeness (QED) is 0.574. The van der Waals surface area contributed by atoms with E-state index < -0.39 is 0 Å². The second kappa shape index (κ2) is 9.36. The summed E-state index contributed by atoms with van der Waals surface area (Å²) >= 11 is 2.26. The smallest absolute Gasteiger partial charge is 0.222 e. The predicted octanol–water partition coefficient (Wildman–Crippen LogP) is 4.97. The fraction of sp³-hybridized carbons (Fsp3) is 0.500. The molecule has 1 N–H and O–H groups in total. The molecule has 0 fully saturated rings.